The fraction of sp³-hybridized carbons (Fsp3) is 0.125. The van der Waals surface area contributed by atoms with Crippen LogP contribution in [0.4, 0.5) is 0 Å². The fourth-order valence-corrected chi connectivity index (χ4v) is 0.748. The molecule has 0 radical (unpaired) electrons. The lowest BCUT2D eigenvalue weighted by Crippen LogP contribution is -2.02. The van der Waals surface area contributed by atoms with E-state index in [4.69, 9.17) is 5.11 Å². The molecule has 1 aromatic rings. The van der Waals surface area contributed by atoms with E-state index in [1.54, 1.807) is 12.4 Å². The first kappa shape index (κ1) is 9.18. The Hall–Kier alpha value is -1.91. The van der Waals surface area contributed by atoms with Crippen molar-refractivity contribution in [1.82, 2.24) is 9.97 Å². The molecule has 0 unspecified atom stereocenters. The van der Waals surface area contributed by atoms with Gasteiger partial charge in [-0.3, -0.25) is 9.59 Å². The third-order valence-electron chi connectivity index (χ3n) is 1.27. The highest BCUT2D eigenvalue weighted by molar-refractivity contribution is 6.03. The molecule has 1 rings (SSSR count). The molecule has 0 spiro atoms. The van der Waals surface area contributed by atoms with Crippen LogP contribution in [0.2, 0.25) is 0 Å². The Morgan fingerprint density at radius 1 is 1.62 bits per heavy atom. The number of carbonyl (C=O) groups excluding carboxylic acids is 1. The molecular formula is C8H8N2O3. The zero-order chi connectivity index (χ0) is 9.68. The largest absolute Gasteiger partial charge is 0.481 e. The molecule has 0 saturated heterocycles. The maximum absolute atomic E-state index is 10.8. The van der Waals surface area contributed by atoms with Gasteiger partial charge >= 0.3 is 5.97 Å². The Bertz CT molecular complexity index is 327. The van der Waals surface area contributed by atoms with Crippen LogP contribution < -0.4 is 0 Å². The third-order valence-corrected chi connectivity index (χ3v) is 1.27. The molecule has 1 heterocycles. The van der Waals surface area contributed by atoms with Gasteiger partial charge in [-0.15, -0.1) is 0 Å². The highest BCUT2D eigenvalue weighted by Gasteiger charge is 2.02. The molecule has 0 aliphatic carbocycles. The number of ketones is 1. The van der Waals surface area contributed by atoms with Gasteiger partial charge in [-0.05, 0) is 12.2 Å². The molecule has 5 heteroatoms. The van der Waals surface area contributed by atoms with Gasteiger partial charge in [0.25, 0.3) is 0 Å². The second kappa shape index (κ2) is 4.20. The monoisotopic (exact) mass is 180 g/mol. The van der Waals surface area contributed by atoms with Gasteiger partial charge in [0, 0.05) is 12.4 Å². The summed E-state index contributed by atoms with van der Waals surface area (Å²) in [6.07, 6.45) is 5.29. The van der Waals surface area contributed by atoms with E-state index in [9.17, 15) is 9.59 Å². The summed E-state index contributed by atoms with van der Waals surface area (Å²) in [6, 6.07) is 0. The number of aliphatic carboxylic acids is 1. The number of H-pyrrole nitrogens is 1. The van der Waals surface area contributed by atoms with Crippen LogP contribution in [-0.2, 0) is 9.59 Å². The predicted molar refractivity (Wildman–Crippen MR) is 44.9 cm³/mol. The number of aromatic nitrogens is 2. The third kappa shape index (κ3) is 3.33. The Morgan fingerprint density at radius 2 is 2.38 bits per heavy atom. The summed E-state index contributed by atoms with van der Waals surface area (Å²) in [7, 11) is 0. The number of aromatic amines is 1. The Labute approximate surface area is 74.1 Å². The van der Waals surface area contributed by atoms with Crippen LogP contribution in [0, 0.1) is 0 Å². The van der Waals surface area contributed by atoms with Crippen LogP contribution in [-0.4, -0.2) is 26.8 Å². The molecule has 0 saturated carbocycles. The van der Waals surface area contributed by atoms with Crippen LogP contribution in [0.5, 0.6) is 0 Å². The van der Waals surface area contributed by atoms with Crippen molar-refractivity contribution >= 4 is 17.8 Å². The molecule has 13 heavy (non-hydrogen) atoms. The zero-order valence-electron chi connectivity index (χ0n) is 6.73. The maximum Gasteiger partial charge on any atom is 0.311 e. The number of imidazole rings is 1. The molecule has 0 amide bonds. The molecule has 0 atom stereocenters. The smallest absolute Gasteiger partial charge is 0.311 e. The molecule has 0 bridgehead atoms. The van der Waals surface area contributed by atoms with E-state index >= 15 is 0 Å². The molecule has 0 aliphatic heterocycles. The number of nitrogens with one attached hydrogen (secondary N) is 1. The van der Waals surface area contributed by atoms with Gasteiger partial charge in [0.15, 0.2) is 5.78 Å². The van der Waals surface area contributed by atoms with Crippen LogP contribution in [0.3, 0.4) is 0 Å². The number of carboxylic acid groups (broad SMARTS) is 1. The van der Waals surface area contributed by atoms with E-state index in [0.29, 0.717) is 5.82 Å². The SMILES string of the molecule is O=C(O)CC(=O)C=Cc1ncc[nH]1. The van der Waals surface area contributed by atoms with E-state index in [1.165, 1.54) is 12.2 Å². The minimum Gasteiger partial charge on any atom is -0.481 e. The quantitative estimate of drug-likeness (QED) is 0.521. The van der Waals surface area contributed by atoms with Gasteiger partial charge in [0.1, 0.15) is 12.2 Å². The van der Waals surface area contributed by atoms with Crippen molar-refractivity contribution in [2.24, 2.45) is 0 Å². The lowest BCUT2D eigenvalue weighted by molar-refractivity contribution is -0.139. The van der Waals surface area contributed by atoms with Crippen LogP contribution in [0.1, 0.15) is 12.2 Å². The normalized spacial score (nSPS) is 10.5. The zero-order valence-corrected chi connectivity index (χ0v) is 6.73. The molecule has 5 nitrogen and oxygen atoms in total. The number of hydrogen-bond acceptors (Lipinski definition) is 3. The van der Waals surface area contributed by atoms with Gasteiger partial charge < -0.3 is 10.1 Å². The number of carbonyl (C=O) groups is 2. The van der Waals surface area contributed by atoms with Gasteiger partial charge in [-0.1, -0.05) is 0 Å². The standard InChI is InChI=1S/C8H8N2O3/c11-6(5-8(12)13)1-2-7-9-3-4-10-7/h1-4H,5H2,(H,9,10)(H,12,13). The van der Waals surface area contributed by atoms with Gasteiger partial charge in [-0.25, -0.2) is 4.98 Å². The lowest BCUT2D eigenvalue weighted by Gasteiger charge is -1.86. The topological polar surface area (TPSA) is 83.0 Å². The van der Waals surface area contributed by atoms with Gasteiger partial charge in [0.05, 0.1) is 0 Å². The van der Waals surface area contributed by atoms with Crippen molar-refractivity contribution in [2.75, 3.05) is 0 Å². The Kier molecular flexibility index (Phi) is 2.97. The van der Waals surface area contributed by atoms with Crippen molar-refractivity contribution in [1.29, 1.82) is 0 Å². The van der Waals surface area contributed by atoms with Gasteiger partial charge in [0.2, 0.25) is 0 Å². The summed E-state index contributed by atoms with van der Waals surface area (Å²) in [5.74, 6) is -1.06. The molecule has 0 aliphatic rings. The fourth-order valence-electron chi connectivity index (χ4n) is 0.748. The number of rotatable bonds is 4. The Morgan fingerprint density at radius 3 is 2.92 bits per heavy atom. The summed E-state index contributed by atoms with van der Waals surface area (Å²) in [5, 5.41) is 8.26. The minimum atomic E-state index is -1.13. The highest BCUT2D eigenvalue weighted by atomic mass is 16.4. The van der Waals surface area contributed by atoms with E-state index in [-0.39, 0.29) is 0 Å². The van der Waals surface area contributed by atoms with E-state index in [0.717, 1.165) is 0 Å². The summed E-state index contributed by atoms with van der Waals surface area (Å²) >= 11 is 0. The first-order valence-electron chi connectivity index (χ1n) is 3.60. The molecule has 68 valence electrons. The van der Waals surface area contributed by atoms with Crippen LogP contribution >= 0.6 is 0 Å². The minimum absolute atomic E-state index is 0.455. The first-order chi connectivity index (χ1) is 6.18. The molecule has 0 fully saturated rings. The Balaban J connectivity index is 2.49. The first-order valence-corrected chi connectivity index (χ1v) is 3.60. The van der Waals surface area contributed by atoms with Crippen molar-refractivity contribution in [3.63, 3.8) is 0 Å². The van der Waals surface area contributed by atoms with Crippen molar-refractivity contribution in [2.45, 2.75) is 6.42 Å². The molecular weight excluding hydrogens is 172 g/mol. The number of carboxylic acids is 1. The molecule has 1 aromatic heterocycles. The van der Waals surface area contributed by atoms with Crippen LogP contribution in [0.15, 0.2) is 18.5 Å². The average molecular weight is 180 g/mol. The molecule has 0 aromatic carbocycles. The summed E-state index contributed by atoms with van der Waals surface area (Å²) in [4.78, 5) is 27.5. The summed E-state index contributed by atoms with van der Waals surface area (Å²) in [6.45, 7) is 0. The van der Waals surface area contributed by atoms with Crippen molar-refractivity contribution in [3.05, 3.63) is 24.3 Å². The van der Waals surface area contributed by atoms with Crippen molar-refractivity contribution in [3.8, 4) is 0 Å². The average Bonchev–Trinajstić information content (AvgIpc) is 2.51. The summed E-state index contributed by atoms with van der Waals surface area (Å²) < 4.78 is 0. The van der Waals surface area contributed by atoms with E-state index in [2.05, 4.69) is 9.97 Å². The lowest BCUT2D eigenvalue weighted by atomic mass is 10.2. The van der Waals surface area contributed by atoms with E-state index < -0.39 is 18.2 Å². The molecule has 2 N–H and O–H groups in total. The second-order valence-electron chi connectivity index (χ2n) is 2.34. The maximum atomic E-state index is 10.8. The summed E-state index contributed by atoms with van der Waals surface area (Å²) in [5.41, 5.74) is 0. The second-order valence-corrected chi connectivity index (χ2v) is 2.34. The van der Waals surface area contributed by atoms with Crippen LogP contribution in [0.25, 0.3) is 6.08 Å². The predicted octanol–water partition coefficient (Wildman–Crippen LogP) is 0.467. The van der Waals surface area contributed by atoms with E-state index in [1.807, 2.05) is 0 Å². The number of hydrogen-bond donors (Lipinski definition) is 2. The highest BCUT2D eigenvalue weighted by Crippen LogP contribution is 1.94. The number of nitrogens with zero attached hydrogens (tertiary/aromatic N) is 1. The van der Waals surface area contributed by atoms with Crippen molar-refractivity contribution < 1.29 is 14.7 Å². The van der Waals surface area contributed by atoms with Gasteiger partial charge in [-0.2, -0.15) is 0 Å². The number of allylic oxidation sites excluding steroid dienone is 1.